The van der Waals surface area contributed by atoms with Crippen molar-refractivity contribution in [2.24, 2.45) is 5.10 Å². The van der Waals surface area contributed by atoms with Gasteiger partial charge in [-0.05, 0) is 23.3 Å². The van der Waals surface area contributed by atoms with Gasteiger partial charge in [-0.25, -0.2) is 5.01 Å². The molecule has 0 aliphatic carbocycles. The molecule has 0 fully saturated rings. The quantitative estimate of drug-likeness (QED) is 0.869. The number of hydrogen-bond donors (Lipinski definition) is 1. The van der Waals surface area contributed by atoms with Gasteiger partial charge in [0.05, 0.1) is 13.7 Å². The van der Waals surface area contributed by atoms with Gasteiger partial charge in [-0.2, -0.15) is 5.10 Å². The third-order valence-electron chi connectivity index (χ3n) is 4.15. The SMILES string of the molecule is COc1ccc(CNC(=O)C2=NN(Cc3ccccc3)C(=O)CC2)cc1. The highest BCUT2D eigenvalue weighted by Gasteiger charge is 2.24. The van der Waals surface area contributed by atoms with Crippen molar-refractivity contribution in [3.05, 3.63) is 65.7 Å². The van der Waals surface area contributed by atoms with Crippen LogP contribution < -0.4 is 10.1 Å². The van der Waals surface area contributed by atoms with Gasteiger partial charge in [0, 0.05) is 19.4 Å². The molecule has 0 bridgehead atoms. The third-order valence-corrected chi connectivity index (χ3v) is 4.15. The van der Waals surface area contributed by atoms with Gasteiger partial charge >= 0.3 is 0 Å². The molecule has 1 heterocycles. The normalized spacial score (nSPS) is 14.0. The molecule has 1 aliphatic rings. The summed E-state index contributed by atoms with van der Waals surface area (Å²) < 4.78 is 5.12. The molecule has 2 amide bonds. The molecule has 6 nitrogen and oxygen atoms in total. The van der Waals surface area contributed by atoms with Crippen LogP contribution >= 0.6 is 0 Å². The molecule has 0 spiro atoms. The lowest BCUT2D eigenvalue weighted by Crippen LogP contribution is -2.38. The van der Waals surface area contributed by atoms with E-state index in [2.05, 4.69) is 10.4 Å². The highest BCUT2D eigenvalue weighted by Crippen LogP contribution is 2.14. The molecular weight excluding hydrogens is 330 g/mol. The van der Waals surface area contributed by atoms with E-state index in [0.29, 0.717) is 31.6 Å². The first-order chi connectivity index (χ1) is 12.7. The van der Waals surface area contributed by atoms with Crippen LogP contribution in [0.25, 0.3) is 0 Å². The molecule has 0 aromatic heterocycles. The highest BCUT2D eigenvalue weighted by molar-refractivity contribution is 6.39. The molecular formula is C20H21N3O3. The average Bonchev–Trinajstić information content (AvgIpc) is 2.69. The molecule has 1 N–H and O–H groups in total. The summed E-state index contributed by atoms with van der Waals surface area (Å²) in [7, 11) is 1.61. The minimum Gasteiger partial charge on any atom is -0.497 e. The Labute approximate surface area is 152 Å². The molecule has 0 radical (unpaired) electrons. The smallest absolute Gasteiger partial charge is 0.267 e. The topological polar surface area (TPSA) is 71.0 Å². The number of carbonyl (C=O) groups is 2. The maximum atomic E-state index is 12.4. The lowest BCUT2D eigenvalue weighted by molar-refractivity contribution is -0.132. The molecule has 2 aromatic carbocycles. The van der Waals surface area contributed by atoms with Crippen LogP contribution in [0, 0.1) is 0 Å². The molecule has 0 saturated heterocycles. The minimum atomic E-state index is -0.244. The molecule has 134 valence electrons. The molecule has 26 heavy (non-hydrogen) atoms. The lowest BCUT2D eigenvalue weighted by atomic mass is 10.1. The van der Waals surface area contributed by atoms with E-state index >= 15 is 0 Å². The molecule has 3 rings (SSSR count). The van der Waals surface area contributed by atoms with Crippen LogP contribution in [0.3, 0.4) is 0 Å². The first-order valence-electron chi connectivity index (χ1n) is 8.48. The summed E-state index contributed by atoms with van der Waals surface area (Å²) in [4.78, 5) is 24.5. The summed E-state index contributed by atoms with van der Waals surface area (Å²) >= 11 is 0. The maximum absolute atomic E-state index is 12.4. The van der Waals surface area contributed by atoms with Crippen LogP contribution in [-0.4, -0.2) is 29.6 Å². The second-order valence-electron chi connectivity index (χ2n) is 6.01. The number of hydrogen-bond acceptors (Lipinski definition) is 4. The van der Waals surface area contributed by atoms with Crippen LogP contribution in [0.15, 0.2) is 59.7 Å². The predicted octanol–water partition coefficient (Wildman–Crippen LogP) is 2.49. The minimum absolute atomic E-state index is 0.0689. The summed E-state index contributed by atoms with van der Waals surface area (Å²) in [6.45, 7) is 0.767. The number of carbonyl (C=O) groups excluding carboxylic acids is 2. The van der Waals surface area contributed by atoms with E-state index in [1.54, 1.807) is 7.11 Å². The van der Waals surface area contributed by atoms with Crippen molar-refractivity contribution in [2.75, 3.05) is 7.11 Å². The lowest BCUT2D eigenvalue weighted by Gasteiger charge is -2.23. The summed E-state index contributed by atoms with van der Waals surface area (Å²) in [5, 5.41) is 8.50. The van der Waals surface area contributed by atoms with E-state index in [9.17, 15) is 9.59 Å². The van der Waals surface area contributed by atoms with Crippen LogP contribution in [0.2, 0.25) is 0 Å². The summed E-state index contributed by atoms with van der Waals surface area (Å²) in [6, 6.07) is 17.1. The number of rotatable bonds is 6. The molecule has 0 saturated carbocycles. The summed E-state index contributed by atoms with van der Waals surface area (Å²) in [6.07, 6.45) is 0.653. The highest BCUT2D eigenvalue weighted by atomic mass is 16.5. The number of benzene rings is 2. The Kier molecular flexibility index (Phi) is 5.63. The Balaban J connectivity index is 1.62. The van der Waals surface area contributed by atoms with Crippen molar-refractivity contribution >= 4 is 17.5 Å². The van der Waals surface area contributed by atoms with Crippen LogP contribution in [0.4, 0.5) is 0 Å². The number of nitrogens with one attached hydrogen (secondary N) is 1. The molecule has 2 aromatic rings. The van der Waals surface area contributed by atoms with Crippen LogP contribution in [0.5, 0.6) is 5.75 Å². The van der Waals surface area contributed by atoms with Gasteiger partial charge in [0.25, 0.3) is 5.91 Å². The van der Waals surface area contributed by atoms with Gasteiger partial charge in [-0.3, -0.25) is 9.59 Å². The zero-order valence-electron chi connectivity index (χ0n) is 14.6. The second-order valence-corrected chi connectivity index (χ2v) is 6.01. The average molecular weight is 351 g/mol. The second kappa shape index (κ2) is 8.29. The Morgan fingerprint density at radius 3 is 2.50 bits per heavy atom. The Morgan fingerprint density at radius 1 is 1.08 bits per heavy atom. The van der Waals surface area contributed by atoms with Gasteiger partial charge in [-0.15, -0.1) is 0 Å². The fourth-order valence-corrected chi connectivity index (χ4v) is 2.67. The van der Waals surface area contributed by atoms with Crippen molar-refractivity contribution in [1.82, 2.24) is 10.3 Å². The van der Waals surface area contributed by atoms with Crippen molar-refractivity contribution < 1.29 is 14.3 Å². The Bertz CT molecular complexity index is 801. The number of hydrazone groups is 1. The van der Waals surface area contributed by atoms with Crippen molar-refractivity contribution in [1.29, 1.82) is 0 Å². The number of nitrogens with zero attached hydrogens (tertiary/aromatic N) is 2. The largest absolute Gasteiger partial charge is 0.497 e. The number of methoxy groups -OCH3 is 1. The van der Waals surface area contributed by atoms with Crippen molar-refractivity contribution in [3.8, 4) is 5.75 Å². The van der Waals surface area contributed by atoms with E-state index in [1.165, 1.54) is 5.01 Å². The number of amides is 2. The molecule has 6 heteroatoms. The predicted molar refractivity (Wildman–Crippen MR) is 98.5 cm³/mol. The maximum Gasteiger partial charge on any atom is 0.267 e. The third kappa shape index (κ3) is 4.47. The Hall–Kier alpha value is -3.15. The number of ether oxygens (including phenoxy) is 1. The van der Waals surface area contributed by atoms with Crippen LogP contribution in [0.1, 0.15) is 24.0 Å². The van der Waals surface area contributed by atoms with Gasteiger partial charge in [0.2, 0.25) is 5.91 Å². The van der Waals surface area contributed by atoms with Crippen molar-refractivity contribution in [3.63, 3.8) is 0 Å². The molecule has 0 unspecified atom stereocenters. The first kappa shape index (κ1) is 17.7. The zero-order chi connectivity index (χ0) is 18.4. The molecule has 1 aliphatic heterocycles. The van der Waals surface area contributed by atoms with E-state index in [1.807, 2.05) is 54.6 Å². The fourth-order valence-electron chi connectivity index (χ4n) is 2.67. The van der Waals surface area contributed by atoms with Gasteiger partial charge < -0.3 is 10.1 Å². The van der Waals surface area contributed by atoms with E-state index in [0.717, 1.165) is 16.9 Å². The fraction of sp³-hybridized carbons (Fsp3) is 0.250. The monoisotopic (exact) mass is 351 g/mol. The van der Waals surface area contributed by atoms with Gasteiger partial charge in [-0.1, -0.05) is 42.5 Å². The summed E-state index contributed by atoms with van der Waals surface area (Å²) in [5.41, 5.74) is 2.33. The van der Waals surface area contributed by atoms with E-state index in [4.69, 9.17) is 4.74 Å². The summed E-state index contributed by atoms with van der Waals surface area (Å²) in [5.74, 6) is 0.457. The first-order valence-corrected chi connectivity index (χ1v) is 8.48. The van der Waals surface area contributed by atoms with Gasteiger partial charge in [0.15, 0.2) is 0 Å². The van der Waals surface area contributed by atoms with Gasteiger partial charge in [0.1, 0.15) is 11.5 Å². The van der Waals surface area contributed by atoms with E-state index in [-0.39, 0.29) is 11.8 Å². The zero-order valence-corrected chi connectivity index (χ0v) is 14.6. The Morgan fingerprint density at radius 2 is 1.81 bits per heavy atom. The molecule has 0 atom stereocenters. The van der Waals surface area contributed by atoms with Crippen LogP contribution in [-0.2, 0) is 22.7 Å². The van der Waals surface area contributed by atoms with Crippen molar-refractivity contribution in [2.45, 2.75) is 25.9 Å². The standard InChI is InChI=1S/C20H21N3O3/c1-26-17-9-7-15(8-10-17)13-21-20(25)18-11-12-19(24)23(22-18)14-16-5-3-2-4-6-16/h2-10H,11-14H2,1H3,(H,21,25). The van der Waals surface area contributed by atoms with E-state index < -0.39 is 0 Å².